The van der Waals surface area contributed by atoms with Crippen LogP contribution < -0.4 is 0 Å². The first kappa shape index (κ1) is 16.0. The fourth-order valence-corrected chi connectivity index (χ4v) is 3.26. The van der Waals surface area contributed by atoms with Crippen molar-refractivity contribution in [2.75, 3.05) is 26.2 Å². The van der Waals surface area contributed by atoms with Crippen LogP contribution in [0.5, 0.6) is 0 Å². The molecule has 23 heavy (non-hydrogen) atoms. The molecule has 0 N–H and O–H groups in total. The number of hydrogen-bond acceptors (Lipinski definition) is 3. The highest BCUT2D eigenvalue weighted by Gasteiger charge is 2.29. The van der Waals surface area contributed by atoms with Crippen molar-refractivity contribution >= 4 is 11.9 Å². The number of carbonyl (C=O) groups is 1. The van der Waals surface area contributed by atoms with E-state index in [0.717, 1.165) is 31.2 Å². The predicted molar refractivity (Wildman–Crippen MR) is 93.9 cm³/mol. The molecular formula is C19H27N3O. The van der Waals surface area contributed by atoms with Crippen LogP contribution in [0.4, 0.5) is 0 Å². The van der Waals surface area contributed by atoms with Gasteiger partial charge < -0.3 is 4.90 Å². The largest absolute Gasteiger partial charge is 0.342 e. The molecule has 0 aromatic heterocycles. The lowest BCUT2D eigenvalue weighted by Crippen LogP contribution is -2.46. The normalized spacial score (nSPS) is 19.0. The molecule has 0 unspecified atom stereocenters. The lowest BCUT2D eigenvalue weighted by atomic mass is 9.86. The molecule has 1 saturated heterocycles. The number of hydrogen-bond donors (Lipinski definition) is 0. The number of benzene rings is 1. The second kappa shape index (κ2) is 6.34. The monoisotopic (exact) mass is 313 g/mol. The van der Waals surface area contributed by atoms with Crippen LogP contribution in [-0.4, -0.2) is 47.8 Å². The smallest absolute Gasteiger partial charge is 0.260 e. The summed E-state index contributed by atoms with van der Waals surface area (Å²) in [6.07, 6.45) is 3.68. The Labute approximate surface area is 139 Å². The molecule has 2 aliphatic rings. The summed E-state index contributed by atoms with van der Waals surface area (Å²) in [7, 11) is 0. The molecule has 4 nitrogen and oxygen atoms in total. The molecule has 1 amide bonds. The first-order valence-corrected chi connectivity index (χ1v) is 8.68. The van der Waals surface area contributed by atoms with E-state index >= 15 is 0 Å². The Hall–Kier alpha value is -1.84. The average molecular weight is 313 g/mol. The van der Waals surface area contributed by atoms with E-state index in [0.29, 0.717) is 6.54 Å². The van der Waals surface area contributed by atoms with Crippen molar-refractivity contribution in [1.29, 1.82) is 0 Å². The second-order valence-electron chi connectivity index (χ2n) is 7.51. The summed E-state index contributed by atoms with van der Waals surface area (Å²) in [5.74, 6) is 0.960. The van der Waals surface area contributed by atoms with Gasteiger partial charge in [-0.1, -0.05) is 32.9 Å². The van der Waals surface area contributed by atoms with E-state index in [4.69, 9.17) is 0 Å². The number of nitrogens with zero attached hydrogens (tertiary/aromatic N) is 3. The minimum Gasteiger partial charge on any atom is -0.342 e. The molecule has 4 heteroatoms. The molecule has 124 valence electrons. The van der Waals surface area contributed by atoms with Crippen LogP contribution >= 0.6 is 0 Å². The molecule has 2 aliphatic heterocycles. The maximum Gasteiger partial charge on any atom is 0.260 e. The molecule has 0 atom stereocenters. The van der Waals surface area contributed by atoms with Gasteiger partial charge in [0.15, 0.2) is 0 Å². The van der Waals surface area contributed by atoms with Gasteiger partial charge in [0, 0.05) is 25.2 Å². The number of rotatable bonds is 1. The van der Waals surface area contributed by atoms with Crippen LogP contribution in [0.2, 0.25) is 0 Å². The van der Waals surface area contributed by atoms with E-state index in [1.807, 2.05) is 17.0 Å². The molecule has 0 saturated carbocycles. The Bertz CT molecular complexity index is 592. The molecule has 0 bridgehead atoms. The van der Waals surface area contributed by atoms with Gasteiger partial charge in [-0.2, -0.15) is 0 Å². The predicted octanol–water partition coefficient (Wildman–Crippen LogP) is 3.28. The molecule has 0 radical (unpaired) electrons. The summed E-state index contributed by atoms with van der Waals surface area (Å²) in [5, 5.41) is 0. The van der Waals surface area contributed by atoms with Crippen LogP contribution in [0, 0.1) is 0 Å². The van der Waals surface area contributed by atoms with E-state index in [9.17, 15) is 4.79 Å². The van der Waals surface area contributed by atoms with Crippen molar-refractivity contribution in [1.82, 2.24) is 9.80 Å². The average Bonchev–Trinajstić information content (AvgIpc) is 3.04. The van der Waals surface area contributed by atoms with Crippen molar-refractivity contribution in [3.8, 4) is 0 Å². The van der Waals surface area contributed by atoms with Crippen molar-refractivity contribution in [2.24, 2.45) is 4.99 Å². The Morgan fingerprint density at radius 1 is 1.00 bits per heavy atom. The maximum atomic E-state index is 12.9. The molecule has 3 rings (SSSR count). The lowest BCUT2D eigenvalue weighted by molar-refractivity contribution is 0.0841. The van der Waals surface area contributed by atoms with Gasteiger partial charge in [0.25, 0.3) is 5.91 Å². The maximum absolute atomic E-state index is 12.9. The Morgan fingerprint density at radius 2 is 1.65 bits per heavy atom. The Morgan fingerprint density at radius 3 is 2.26 bits per heavy atom. The fourth-order valence-electron chi connectivity index (χ4n) is 3.26. The third-order valence-electron chi connectivity index (χ3n) is 4.70. The summed E-state index contributed by atoms with van der Waals surface area (Å²) >= 11 is 0. The third-order valence-corrected chi connectivity index (χ3v) is 4.70. The first-order chi connectivity index (χ1) is 11.0. The van der Waals surface area contributed by atoms with E-state index in [1.54, 1.807) is 0 Å². The van der Waals surface area contributed by atoms with Gasteiger partial charge in [0.05, 0.1) is 6.54 Å². The molecular weight excluding hydrogens is 286 g/mol. The van der Waals surface area contributed by atoms with Gasteiger partial charge >= 0.3 is 0 Å². The van der Waals surface area contributed by atoms with Gasteiger partial charge in [-0.3, -0.25) is 14.7 Å². The van der Waals surface area contributed by atoms with Crippen LogP contribution in [0.15, 0.2) is 29.3 Å². The molecule has 2 heterocycles. The minimum absolute atomic E-state index is 0.0762. The summed E-state index contributed by atoms with van der Waals surface area (Å²) in [4.78, 5) is 21.6. The highest BCUT2D eigenvalue weighted by Crippen LogP contribution is 2.23. The van der Waals surface area contributed by atoms with E-state index < -0.39 is 0 Å². The zero-order valence-corrected chi connectivity index (χ0v) is 14.5. The second-order valence-corrected chi connectivity index (χ2v) is 7.51. The quantitative estimate of drug-likeness (QED) is 0.797. The van der Waals surface area contributed by atoms with E-state index in [-0.39, 0.29) is 11.3 Å². The highest BCUT2D eigenvalue weighted by molar-refractivity contribution is 6.06. The fraction of sp³-hybridized carbons (Fsp3) is 0.579. The Kier molecular flexibility index (Phi) is 4.42. The number of guanidine groups is 1. The minimum atomic E-state index is 0.0762. The lowest BCUT2D eigenvalue weighted by Gasteiger charge is -2.32. The summed E-state index contributed by atoms with van der Waals surface area (Å²) < 4.78 is 0. The van der Waals surface area contributed by atoms with Crippen LogP contribution in [0.3, 0.4) is 0 Å². The van der Waals surface area contributed by atoms with Gasteiger partial charge in [-0.05, 0) is 42.4 Å². The summed E-state index contributed by atoms with van der Waals surface area (Å²) in [5.41, 5.74) is 2.11. The number of likely N-dealkylation sites (tertiary alicyclic amines) is 1. The van der Waals surface area contributed by atoms with Crippen molar-refractivity contribution in [2.45, 2.75) is 45.4 Å². The third kappa shape index (κ3) is 3.41. The van der Waals surface area contributed by atoms with Gasteiger partial charge in [0.2, 0.25) is 5.96 Å². The molecule has 1 aromatic rings. The SMILES string of the molecule is CC(C)(C)c1ccc(C(=O)N2CCN=C2N2CCCCC2)cc1. The topological polar surface area (TPSA) is 35.9 Å². The van der Waals surface area contributed by atoms with Crippen molar-refractivity contribution in [3.05, 3.63) is 35.4 Å². The number of carbonyl (C=O) groups excluding carboxylic acids is 1. The van der Waals surface area contributed by atoms with Crippen LogP contribution in [0.25, 0.3) is 0 Å². The first-order valence-electron chi connectivity index (χ1n) is 8.68. The van der Waals surface area contributed by atoms with E-state index in [1.165, 1.54) is 24.8 Å². The number of amides is 1. The standard InChI is InChI=1S/C19H27N3O/c1-19(2,3)16-9-7-15(8-10-16)17(23)22-14-11-20-18(22)21-12-5-4-6-13-21/h7-10H,4-6,11-14H2,1-3H3. The number of piperidine rings is 1. The zero-order chi connectivity index (χ0) is 16.4. The van der Waals surface area contributed by atoms with Crippen LogP contribution in [0.1, 0.15) is 56.0 Å². The van der Waals surface area contributed by atoms with Gasteiger partial charge in [-0.25, -0.2) is 0 Å². The summed E-state index contributed by atoms with van der Waals surface area (Å²) in [6.45, 7) is 10.0. The molecule has 0 spiro atoms. The Balaban J connectivity index is 1.75. The summed E-state index contributed by atoms with van der Waals surface area (Å²) in [6, 6.07) is 8.05. The van der Waals surface area contributed by atoms with Crippen molar-refractivity contribution < 1.29 is 4.79 Å². The molecule has 1 fully saturated rings. The van der Waals surface area contributed by atoms with Crippen LogP contribution in [-0.2, 0) is 5.41 Å². The van der Waals surface area contributed by atoms with Crippen molar-refractivity contribution in [3.63, 3.8) is 0 Å². The highest BCUT2D eigenvalue weighted by atomic mass is 16.2. The van der Waals surface area contributed by atoms with E-state index in [2.05, 4.69) is 42.8 Å². The van der Waals surface area contributed by atoms with Gasteiger partial charge in [0.1, 0.15) is 0 Å². The zero-order valence-electron chi connectivity index (χ0n) is 14.5. The molecule has 1 aromatic carbocycles. The number of aliphatic imine (C=N–C) groups is 1. The molecule has 0 aliphatic carbocycles. The van der Waals surface area contributed by atoms with Gasteiger partial charge in [-0.15, -0.1) is 0 Å².